The lowest BCUT2D eigenvalue weighted by Gasteiger charge is -2.05. The van der Waals surface area contributed by atoms with Gasteiger partial charge >= 0.3 is 5.97 Å². The zero-order valence-corrected chi connectivity index (χ0v) is 10.6. The summed E-state index contributed by atoms with van der Waals surface area (Å²) in [5, 5.41) is 8.85. The van der Waals surface area contributed by atoms with E-state index in [0.717, 1.165) is 30.2 Å². The van der Waals surface area contributed by atoms with Gasteiger partial charge < -0.3 is 5.11 Å². The summed E-state index contributed by atoms with van der Waals surface area (Å²) in [6.07, 6.45) is 1.11. The van der Waals surface area contributed by atoms with Crippen LogP contribution < -0.4 is 0 Å². The van der Waals surface area contributed by atoms with Crippen LogP contribution >= 0.6 is 11.8 Å². The summed E-state index contributed by atoms with van der Waals surface area (Å²) >= 11 is 1.08. The van der Waals surface area contributed by atoms with Gasteiger partial charge in [0.2, 0.25) is 0 Å². The summed E-state index contributed by atoms with van der Waals surface area (Å²) in [7, 11) is -3.08. The first-order valence-corrected chi connectivity index (χ1v) is 7.67. The van der Waals surface area contributed by atoms with Gasteiger partial charge in [-0.3, -0.25) is 0 Å². The topological polar surface area (TPSA) is 71.4 Å². The van der Waals surface area contributed by atoms with E-state index in [1.807, 2.05) is 0 Å². The Morgan fingerprint density at radius 2 is 2.12 bits per heavy atom. The lowest BCUT2D eigenvalue weighted by atomic mass is 10.2. The predicted octanol–water partition coefficient (Wildman–Crippen LogP) is 1.66. The van der Waals surface area contributed by atoms with E-state index in [9.17, 15) is 17.6 Å². The molecule has 0 atom stereocenters. The number of benzene rings is 1. The van der Waals surface area contributed by atoms with Crippen molar-refractivity contribution in [2.45, 2.75) is 4.90 Å². The van der Waals surface area contributed by atoms with Crippen LogP contribution in [0.4, 0.5) is 4.39 Å². The van der Waals surface area contributed by atoms with E-state index in [4.69, 9.17) is 5.11 Å². The molecule has 0 spiro atoms. The average molecular weight is 278 g/mol. The Morgan fingerprint density at radius 1 is 1.47 bits per heavy atom. The first-order chi connectivity index (χ1) is 7.79. The van der Waals surface area contributed by atoms with Crippen LogP contribution in [-0.2, 0) is 9.84 Å². The highest BCUT2D eigenvalue weighted by Crippen LogP contribution is 2.23. The summed E-state index contributed by atoms with van der Waals surface area (Å²) in [6, 6.07) is 3.41. The second-order valence-electron chi connectivity index (χ2n) is 3.42. The molecule has 0 aromatic heterocycles. The largest absolute Gasteiger partial charge is 0.478 e. The smallest absolute Gasteiger partial charge is 0.336 e. The van der Waals surface area contributed by atoms with Gasteiger partial charge in [0.1, 0.15) is 15.7 Å². The molecule has 17 heavy (non-hydrogen) atoms. The third kappa shape index (κ3) is 4.74. The fraction of sp³-hybridized carbons (Fsp3) is 0.300. The van der Waals surface area contributed by atoms with Crippen molar-refractivity contribution in [3.05, 3.63) is 29.6 Å². The Bertz CT molecular complexity index is 525. The van der Waals surface area contributed by atoms with Crippen molar-refractivity contribution in [1.82, 2.24) is 0 Å². The normalized spacial score (nSPS) is 11.4. The number of aromatic carboxylic acids is 1. The molecular formula is C10H11FO4S2. The number of hydrogen-bond acceptors (Lipinski definition) is 4. The molecule has 1 rings (SSSR count). The Kier molecular flexibility index (Phi) is 4.53. The number of carboxylic acid groups (broad SMARTS) is 1. The number of carboxylic acids is 1. The number of hydrogen-bond donors (Lipinski definition) is 1. The Hall–Kier alpha value is -1.08. The fourth-order valence-corrected chi connectivity index (χ4v) is 3.33. The van der Waals surface area contributed by atoms with E-state index in [1.54, 1.807) is 0 Å². The fourth-order valence-electron chi connectivity index (χ4n) is 1.10. The lowest BCUT2D eigenvalue weighted by molar-refractivity contribution is 0.0692. The van der Waals surface area contributed by atoms with E-state index in [0.29, 0.717) is 4.90 Å². The zero-order chi connectivity index (χ0) is 13.1. The predicted molar refractivity (Wildman–Crippen MR) is 63.8 cm³/mol. The molecule has 0 saturated heterocycles. The van der Waals surface area contributed by atoms with Crippen molar-refractivity contribution in [3.8, 4) is 0 Å². The second-order valence-corrected chi connectivity index (χ2v) is 6.82. The van der Waals surface area contributed by atoms with Crippen molar-refractivity contribution in [2.75, 3.05) is 17.8 Å². The Morgan fingerprint density at radius 3 is 2.65 bits per heavy atom. The quantitative estimate of drug-likeness (QED) is 0.829. The highest BCUT2D eigenvalue weighted by atomic mass is 32.2. The molecule has 1 N–H and O–H groups in total. The van der Waals surface area contributed by atoms with Crippen LogP contribution in [0.2, 0.25) is 0 Å². The molecule has 0 aliphatic heterocycles. The highest BCUT2D eigenvalue weighted by Gasteiger charge is 2.12. The van der Waals surface area contributed by atoms with Gasteiger partial charge in [-0.1, -0.05) is 0 Å². The van der Waals surface area contributed by atoms with Gasteiger partial charge in [-0.2, -0.15) is 0 Å². The van der Waals surface area contributed by atoms with E-state index < -0.39 is 21.6 Å². The minimum Gasteiger partial charge on any atom is -0.478 e. The summed E-state index contributed by atoms with van der Waals surface area (Å²) in [6.45, 7) is 0. The van der Waals surface area contributed by atoms with Gasteiger partial charge in [-0.05, 0) is 18.2 Å². The maximum Gasteiger partial charge on any atom is 0.336 e. The van der Waals surface area contributed by atoms with E-state index in [2.05, 4.69) is 0 Å². The Labute approximate surface area is 103 Å². The lowest BCUT2D eigenvalue weighted by Crippen LogP contribution is -2.06. The van der Waals surface area contributed by atoms with E-state index in [1.165, 1.54) is 6.07 Å². The first-order valence-electron chi connectivity index (χ1n) is 4.63. The zero-order valence-electron chi connectivity index (χ0n) is 9.01. The van der Waals surface area contributed by atoms with Crippen molar-refractivity contribution < 1.29 is 22.7 Å². The number of carbonyl (C=O) groups is 1. The minimum absolute atomic E-state index is 0.0475. The van der Waals surface area contributed by atoms with Crippen molar-refractivity contribution in [2.24, 2.45) is 0 Å². The maximum absolute atomic E-state index is 12.9. The van der Waals surface area contributed by atoms with Crippen LogP contribution in [0.15, 0.2) is 23.1 Å². The molecule has 4 nitrogen and oxygen atoms in total. The standard InChI is InChI=1S/C10H11FO4S2/c1-17(14,15)5-4-16-9-3-2-7(11)6-8(9)10(12)13/h2-3,6H,4-5H2,1H3,(H,12,13). The van der Waals surface area contributed by atoms with Crippen LogP contribution in [0.1, 0.15) is 10.4 Å². The van der Waals surface area contributed by atoms with E-state index in [-0.39, 0.29) is 17.1 Å². The van der Waals surface area contributed by atoms with Crippen molar-refractivity contribution in [1.29, 1.82) is 0 Å². The van der Waals surface area contributed by atoms with E-state index >= 15 is 0 Å². The van der Waals surface area contributed by atoms with Gasteiger partial charge in [-0.15, -0.1) is 11.8 Å². The molecule has 7 heteroatoms. The molecule has 0 bridgehead atoms. The molecular weight excluding hydrogens is 267 g/mol. The number of sulfone groups is 1. The van der Waals surface area contributed by atoms with Crippen LogP contribution in [0.25, 0.3) is 0 Å². The molecule has 0 heterocycles. The molecule has 0 aliphatic rings. The number of halogens is 1. The monoisotopic (exact) mass is 278 g/mol. The molecule has 0 unspecified atom stereocenters. The second kappa shape index (κ2) is 5.50. The minimum atomic E-state index is -3.08. The molecule has 0 fully saturated rings. The van der Waals surface area contributed by atoms with Crippen molar-refractivity contribution >= 4 is 27.6 Å². The molecule has 94 valence electrons. The van der Waals surface area contributed by atoms with Crippen LogP contribution in [0, 0.1) is 5.82 Å². The summed E-state index contributed by atoms with van der Waals surface area (Å²) in [5.41, 5.74) is -0.150. The first kappa shape index (κ1) is 14.0. The van der Waals surface area contributed by atoms with Gasteiger partial charge in [-0.25, -0.2) is 17.6 Å². The van der Waals surface area contributed by atoms with Gasteiger partial charge in [0.15, 0.2) is 0 Å². The highest BCUT2D eigenvalue weighted by molar-refractivity contribution is 8.00. The molecule has 0 saturated carbocycles. The van der Waals surface area contributed by atoms with Crippen molar-refractivity contribution in [3.63, 3.8) is 0 Å². The van der Waals surface area contributed by atoms with Crippen LogP contribution in [0.5, 0.6) is 0 Å². The summed E-state index contributed by atoms with van der Waals surface area (Å²) < 4.78 is 34.7. The van der Waals surface area contributed by atoms with Gasteiger partial charge in [0, 0.05) is 16.9 Å². The Balaban J connectivity index is 2.81. The number of thioether (sulfide) groups is 1. The third-order valence-electron chi connectivity index (χ3n) is 1.88. The third-order valence-corrected chi connectivity index (χ3v) is 4.16. The average Bonchev–Trinajstić information content (AvgIpc) is 2.18. The molecule has 1 aromatic carbocycles. The summed E-state index contributed by atoms with van der Waals surface area (Å²) in [4.78, 5) is 11.2. The SMILES string of the molecule is CS(=O)(=O)CCSc1ccc(F)cc1C(=O)O. The maximum atomic E-state index is 12.9. The molecule has 0 aliphatic carbocycles. The van der Waals surface area contributed by atoms with Gasteiger partial charge in [0.05, 0.1) is 11.3 Å². The van der Waals surface area contributed by atoms with Crippen LogP contribution in [0.3, 0.4) is 0 Å². The number of rotatable bonds is 5. The molecule has 0 radical (unpaired) electrons. The molecule has 0 amide bonds. The van der Waals surface area contributed by atoms with Gasteiger partial charge in [0.25, 0.3) is 0 Å². The molecule has 1 aromatic rings. The van der Waals surface area contributed by atoms with Crippen LogP contribution in [-0.4, -0.2) is 37.3 Å². The summed E-state index contributed by atoms with van der Waals surface area (Å²) in [5.74, 6) is -1.67.